The van der Waals surface area contributed by atoms with Gasteiger partial charge in [-0.1, -0.05) is 18.2 Å². The zero-order chi connectivity index (χ0) is 28.3. The van der Waals surface area contributed by atoms with Crippen molar-refractivity contribution >= 4 is 0 Å². The number of aliphatic hydroxyl groups excluding tert-OH is 1. The molecule has 4 aromatic rings. The highest BCUT2D eigenvalue weighted by Gasteiger charge is 2.40. The summed E-state index contributed by atoms with van der Waals surface area (Å²) >= 11 is 0. The van der Waals surface area contributed by atoms with E-state index in [-0.39, 0.29) is 46.3 Å². The quantitative estimate of drug-likeness (QED) is 0.172. The normalized spacial score (nSPS) is 21.5. The van der Waals surface area contributed by atoms with Crippen molar-refractivity contribution in [2.24, 2.45) is 0 Å². The van der Waals surface area contributed by atoms with E-state index in [4.69, 9.17) is 9.47 Å². The van der Waals surface area contributed by atoms with Crippen LogP contribution >= 0.6 is 0 Å². The van der Waals surface area contributed by atoms with Crippen LogP contribution in [0.25, 0.3) is 0 Å². The first-order valence-corrected chi connectivity index (χ1v) is 12.6. The predicted octanol–water partition coefficient (Wildman–Crippen LogP) is 4.32. The van der Waals surface area contributed by atoms with E-state index in [0.717, 1.165) is 17.7 Å². The number of benzene rings is 4. The van der Waals surface area contributed by atoms with E-state index < -0.39 is 41.5 Å². The van der Waals surface area contributed by atoms with Gasteiger partial charge in [-0.05, 0) is 42.3 Å². The topological polar surface area (TPSA) is 180 Å². The Balaban J connectivity index is 1.49. The molecule has 4 unspecified atom stereocenters. The Kier molecular flexibility index (Phi) is 5.92. The number of rotatable bonds is 3. The summed E-state index contributed by atoms with van der Waals surface area (Å²) in [5.41, 5.74) is 2.13. The molecule has 40 heavy (non-hydrogen) atoms. The lowest BCUT2D eigenvalue weighted by Gasteiger charge is -2.37. The van der Waals surface area contributed by atoms with E-state index in [1.807, 2.05) is 0 Å². The molecule has 6 rings (SSSR count). The summed E-state index contributed by atoms with van der Waals surface area (Å²) in [6.07, 6.45) is -2.64. The molecule has 0 aromatic heterocycles. The van der Waals surface area contributed by atoms with Crippen molar-refractivity contribution in [1.29, 1.82) is 0 Å². The summed E-state index contributed by atoms with van der Waals surface area (Å²) in [5.74, 6) is -2.47. The molecule has 0 saturated carbocycles. The Labute approximate surface area is 227 Å². The van der Waals surface area contributed by atoms with Crippen molar-refractivity contribution in [1.82, 2.24) is 0 Å². The lowest BCUT2D eigenvalue weighted by Crippen LogP contribution is -2.31. The number of phenols is 7. The molecule has 10 heteroatoms. The summed E-state index contributed by atoms with van der Waals surface area (Å²) in [7, 11) is 0. The highest BCUT2D eigenvalue weighted by molar-refractivity contribution is 5.63. The predicted molar refractivity (Wildman–Crippen MR) is 140 cm³/mol. The zero-order valence-electron chi connectivity index (χ0n) is 20.9. The minimum atomic E-state index is -1.21. The molecular weight excluding hydrogens is 520 g/mol. The van der Waals surface area contributed by atoms with Crippen molar-refractivity contribution in [3.63, 3.8) is 0 Å². The van der Waals surface area contributed by atoms with Crippen LogP contribution in [-0.2, 0) is 6.42 Å². The van der Waals surface area contributed by atoms with Crippen LogP contribution in [0, 0.1) is 0 Å². The highest BCUT2D eigenvalue weighted by atomic mass is 16.5. The van der Waals surface area contributed by atoms with Crippen LogP contribution in [0.4, 0.5) is 0 Å². The van der Waals surface area contributed by atoms with Gasteiger partial charge in [-0.25, -0.2) is 0 Å². The summed E-state index contributed by atoms with van der Waals surface area (Å²) < 4.78 is 12.4. The fraction of sp³-hybridized carbons (Fsp3) is 0.200. The summed E-state index contributed by atoms with van der Waals surface area (Å²) in [5, 5.41) is 82.6. The van der Waals surface area contributed by atoms with Gasteiger partial charge in [0.15, 0.2) is 23.4 Å². The molecule has 0 bridgehead atoms. The second-order valence-corrected chi connectivity index (χ2v) is 10.1. The van der Waals surface area contributed by atoms with Crippen molar-refractivity contribution in [2.75, 3.05) is 0 Å². The summed E-state index contributed by atoms with van der Waals surface area (Å²) in [6, 6.07) is 14.6. The van der Waals surface area contributed by atoms with Gasteiger partial charge in [0.2, 0.25) is 0 Å². The highest BCUT2D eigenvalue weighted by Crippen LogP contribution is 2.55. The second-order valence-electron chi connectivity index (χ2n) is 10.1. The molecule has 8 N–H and O–H groups in total. The maximum atomic E-state index is 11.2. The average molecular weight is 547 g/mol. The number of aromatic hydroxyl groups is 7. The third-order valence-corrected chi connectivity index (χ3v) is 7.51. The van der Waals surface area contributed by atoms with Gasteiger partial charge in [0.25, 0.3) is 0 Å². The average Bonchev–Trinajstić information content (AvgIpc) is 2.91. The van der Waals surface area contributed by atoms with Gasteiger partial charge in [-0.3, -0.25) is 0 Å². The number of fused-ring (bicyclic) bond motifs is 2. The Bertz CT molecular complexity index is 1590. The van der Waals surface area contributed by atoms with Crippen LogP contribution in [0.15, 0.2) is 60.7 Å². The van der Waals surface area contributed by atoms with Gasteiger partial charge in [0, 0.05) is 46.7 Å². The summed E-state index contributed by atoms with van der Waals surface area (Å²) in [4.78, 5) is 0. The molecule has 4 atom stereocenters. The van der Waals surface area contributed by atoms with Gasteiger partial charge < -0.3 is 50.3 Å². The lowest BCUT2D eigenvalue weighted by atomic mass is 9.79. The molecule has 0 radical (unpaired) electrons. The second kappa shape index (κ2) is 9.35. The largest absolute Gasteiger partial charge is 0.508 e. The van der Waals surface area contributed by atoms with Crippen molar-refractivity contribution < 1.29 is 50.3 Å². The molecular formula is C30H26O10. The number of hydrogen-bond donors (Lipinski definition) is 8. The van der Waals surface area contributed by atoms with Gasteiger partial charge in [0.05, 0.1) is 6.10 Å². The maximum absolute atomic E-state index is 11.2. The molecule has 4 aromatic carbocycles. The van der Waals surface area contributed by atoms with Crippen LogP contribution in [0.2, 0.25) is 0 Å². The third-order valence-electron chi connectivity index (χ3n) is 7.51. The third kappa shape index (κ3) is 4.18. The Morgan fingerprint density at radius 2 is 1.32 bits per heavy atom. The smallest absolute Gasteiger partial charge is 0.200 e. The molecule has 0 aliphatic carbocycles. The standard InChI is InChI=1S/C30H26O10/c31-15-3-1-13(2-4-15)25-11-18(17-6-5-16(32)9-26(17)39-25)27-21(34)12-20(33)19-10-24(37)29(40-30(19)27)14-7-22(35)28(38)23(36)8-14/h1-9,12,18,24-25,29,31-38H,10-11H2. The lowest BCUT2D eigenvalue weighted by molar-refractivity contribution is 0.0183. The Morgan fingerprint density at radius 1 is 0.650 bits per heavy atom. The van der Waals surface area contributed by atoms with Crippen LogP contribution in [0.1, 0.15) is 52.4 Å². The monoisotopic (exact) mass is 546 g/mol. The van der Waals surface area contributed by atoms with E-state index in [9.17, 15) is 40.9 Å². The van der Waals surface area contributed by atoms with Crippen LogP contribution in [-0.4, -0.2) is 47.0 Å². The minimum Gasteiger partial charge on any atom is -0.508 e. The molecule has 2 aliphatic rings. The molecule has 206 valence electrons. The first-order chi connectivity index (χ1) is 19.1. The number of hydrogen-bond acceptors (Lipinski definition) is 10. The van der Waals surface area contributed by atoms with Crippen molar-refractivity contribution in [3.8, 4) is 51.7 Å². The van der Waals surface area contributed by atoms with E-state index in [0.29, 0.717) is 23.3 Å². The van der Waals surface area contributed by atoms with Gasteiger partial charge in [0.1, 0.15) is 40.6 Å². The Hall–Kier alpha value is -4.96. The van der Waals surface area contributed by atoms with Gasteiger partial charge >= 0.3 is 0 Å². The van der Waals surface area contributed by atoms with Crippen LogP contribution < -0.4 is 9.47 Å². The first-order valence-electron chi connectivity index (χ1n) is 12.6. The van der Waals surface area contributed by atoms with Crippen molar-refractivity contribution in [2.45, 2.75) is 37.1 Å². The fourth-order valence-corrected chi connectivity index (χ4v) is 5.58. The number of ether oxygens (including phenoxy) is 2. The molecule has 2 heterocycles. The molecule has 0 amide bonds. The van der Waals surface area contributed by atoms with Crippen LogP contribution in [0.5, 0.6) is 51.7 Å². The molecule has 0 fully saturated rings. The van der Waals surface area contributed by atoms with Crippen molar-refractivity contribution in [3.05, 3.63) is 88.5 Å². The maximum Gasteiger partial charge on any atom is 0.200 e. The summed E-state index contributed by atoms with van der Waals surface area (Å²) in [6.45, 7) is 0. The van der Waals surface area contributed by atoms with E-state index in [1.54, 1.807) is 18.2 Å². The van der Waals surface area contributed by atoms with Gasteiger partial charge in [-0.2, -0.15) is 0 Å². The molecule has 10 nitrogen and oxygen atoms in total. The van der Waals surface area contributed by atoms with Crippen LogP contribution in [0.3, 0.4) is 0 Å². The van der Waals surface area contributed by atoms with E-state index >= 15 is 0 Å². The SMILES string of the molecule is Oc1ccc(C2CC(c3c(O)cc(O)c4c3OC(c3cc(O)c(O)c(O)c3)C(O)C4)c3ccc(O)cc3O2)cc1. The van der Waals surface area contributed by atoms with Gasteiger partial charge in [-0.15, -0.1) is 0 Å². The number of aliphatic hydroxyl groups is 1. The fourth-order valence-electron chi connectivity index (χ4n) is 5.58. The minimum absolute atomic E-state index is 0.0211. The molecule has 2 aliphatic heterocycles. The molecule has 0 saturated heterocycles. The zero-order valence-corrected chi connectivity index (χ0v) is 20.9. The molecule has 0 spiro atoms. The number of phenolic OH excluding ortho intramolecular Hbond substituents is 7. The van der Waals surface area contributed by atoms with E-state index in [2.05, 4.69) is 0 Å². The Morgan fingerprint density at radius 3 is 2.02 bits per heavy atom. The first kappa shape index (κ1) is 25.3. The van der Waals surface area contributed by atoms with E-state index in [1.165, 1.54) is 30.3 Å².